The number of rotatable bonds is 3. The second-order valence-electron chi connectivity index (χ2n) is 6.70. The molecule has 21 heavy (non-hydrogen) atoms. The Morgan fingerprint density at radius 2 is 1.90 bits per heavy atom. The second kappa shape index (κ2) is 5.93. The monoisotopic (exact) mass is 311 g/mol. The smallest absolute Gasteiger partial charge is 0.153 e. The third kappa shape index (κ3) is 4.68. The summed E-state index contributed by atoms with van der Waals surface area (Å²) < 4.78 is 23.2. The largest absolute Gasteiger partial charge is 0.369 e. The molecule has 0 unspecified atom stereocenters. The molecule has 6 heteroatoms. The number of hydrogen-bond donors (Lipinski definition) is 1. The Hall–Kier alpha value is -1.14. The van der Waals surface area contributed by atoms with E-state index < -0.39 is 9.84 Å². The predicted octanol–water partition coefficient (Wildman–Crippen LogP) is 1.51. The Balaban J connectivity index is 2.19. The number of aryl methyl sites for hydroxylation is 1. The maximum atomic E-state index is 11.6. The minimum Gasteiger partial charge on any atom is -0.369 e. The van der Waals surface area contributed by atoms with E-state index in [0.717, 1.165) is 23.5 Å². The molecule has 0 radical (unpaired) electrons. The Labute approximate surface area is 127 Å². The fourth-order valence-electron chi connectivity index (χ4n) is 2.32. The van der Waals surface area contributed by atoms with Gasteiger partial charge in [-0.2, -0.15) is 0 Å². The highest BCUT2D eigenvalue weighted by molar-refractivity contribution is 7.91. The van der Waals surface area contributed by atoms with Gasteiger partial charge in [-0.1, -0.05) is 0 Å². The van der Waals surface area contributed by atoms with E-state index in [0.29, 0.717) is 13.1 Å². The summed E-state index contributed by atoms with van der Waals surface area (Å²) in [6, 6.07) is 2.05. The highest BCUT2D eigenvalue weighted by Crippen LogP contribution is 2.23. The summed E-state index contributed by atoms with van der Waals surface area (Å²) in [6.07, 6.45) is 1.90. The first-order valence-electron chi connectivity index (χ1n) is 7.32. The third-order valence-corrected chi connectivity index (χ3v) is 5.20. The van der Waals surface area contributed by atoms with Crippen LogP contribution in [0, 0.1) is 6.92 Å². The number of aromatic nitrogens is 1. The van der Waals surface area contributed by atoms with Crippen LogP contribution in [0.1, 0.15) is 32.0 Å². The van der Waals surface area contributed by atoms with Crippen molar-refractivity contribution in [2.75, 3.05) is 29.5 Å². The van der Waals surface area contributed by atoms with Crippen LogP contribution in [0.3, 0.4) is 0 Å². The number of hydrogen-bond acceptors (Lipinski definition) is 5. The summed E-state index contributed by atoms with van der Waals surface area (Å²) in [5, 5.41) is 3.47. The number of nitrogens with one attached hydrogen (secondary N) is 1. The quantitative estimate of drug-likeness (QED) is 0.917. The van der Waals surface area contributed by atoms with E-state index >= 15 is 0 Å². The van der Waals surface area contributed by atoms with Crippen LogP contribution in [0.5, 0.6) is 0 Å². The molecule has 1 aromatic heterocycles. The van der Waals surface area contributed by atoms with Gasteiger partial charge in [0.2, 0.25) is 0 Å². The van der Waals surface area contributed by atoms with Gasteiger partial charge in [-0.15, -0.1) is 0 Å². The van der Waals surface area contributed by atoms with Gasteiger partial charge in [0.15, 0.2) is 9.84 Å². The van der Waals surface area contributed by atoms with Crippen LogP contribution in [0.4, 0.5) is 5.69 Å². The summed E-state index contributed by atoms with van der Waals surface area (Å²) in [4.78, 5) is 6.54. The molecule has 1 fully saturated rings. The molecule has 1 aromatic rings. The van der Waals surface area contributed by atoms with Gasteiger partial charge in [-0.25, -0.2) is 8.42 Å². The summed E-state index contributed by atoms with van der Waals surface area (Å²) in [6.45, 7) is 10.2. The molecule has 0 amide bonds. The van der Waals surface area contributed by atoms with Gasteiger partial charge in [0.05, 0.1) is 11.5 Å². The first kappa shape index (κ1) is 16.2. The molecule has 1 aliphatic heterocycles. The fraction of sp³-hybridized carbons (Fsp3) is 0.667. The number of anilines is 1. The maximum absolute atomic E-state index is 11.6. The van der Waals surface area contributed by atoms with E-state index in [1.807, 2.05) is 13.1 Å². The van der Waals surface area contributed by atoms with Crippen molar-refractivity contribution in [2.24, 2.45) is 0 Å². The number of pyridine rings is 1. The molecule has 0 aliphatic carbocycles. The molecule has 2 heterocycles. The number of nitrogens with zero attached hydrogens (tertiary/aromatic N) is 2. The standard InChI is InChI=1S/C15H25N3O2S/c1-12-9-14(18-5-7-21(19,20)8-6-18)13(10-16-12)11-17-15(2,3)4/h9-10,17H,5-8,11H2,1-4H3. The molecule has 1 saturated heterocycles. The molecule has 118 valence electrons. The van der Waals surface area contributed by atoms with Crippen molar-refractivity contribution in [3.05, 3.63) is 23.5 Å². The lowest BCUT2D eigenvalue weighted by atomic mass is 10.1. The molecular weight excluding hydrogens is 286 g/mol. The van der Waals surface area contributed by atoms with Crippen molar-refractivity contribution < 1.29 is 8.42 Å². The van der Waals surface area contributed by atoms with Gasteiger partial charge in [-0.3, -0.25) is 4.98 Å². The summed E-state index contributed by atoms with van der Waals surface area (Å²) in [5.74, 6) is 0.473. The van der Waals surface area contributed by atoms with E-state index in [1.54, 1.807) is 0 Å². The molecule has 0 aromatic carbocycles. The topological polar surface area (TPSA) is 62.3 Å². The molecule has 0 atom stereocenters. The van der Waals surface area contributed by atoms with Crippen LogP contribution in [0.15, 0.2) is 12.3 Å². The average molecular weight is 311 g/mol. The van der Waals surface area contributed by atoms with Crippen LogP contribution in [-0.2, 0) is 16.4 Å². The van der Waals surface area contributed by atoms with Crippen molar-refractivity contribution in [3.63, 3.8) is 0 Å². The van der Waals surface area contributed by atoms with Crippen molar-refractivity contribution >= 4 is 15.5 Å². The van der Waals surface area contributed by atoms with Gasteiger partial charge in [0.25, 0.3) is 0 Å². The highest BCUT2D eigenvalue weighted by atomic mass is 32.2. The first-order valence-corrected chi connectivity index (χ1v) is 9.14. The van der Waals surface area contributed by atoms with E-state index in [9.17, 15) is 8.42 Å². The fourth-order valence-corrected chi connectivity index (χ4v) is 3.52. The van der Waals surface area contributed by atoms with E-state index in [-0.39, 0.29) is 17.0 Å². The molecule has 1 N–H and O–H groups in total. The predicted molar refractivity (Wildman–Crippen MR) is 86.4 cm³/mol. The lowest BCUT2D eigenvalue weighted by Crippen LogP contribution is -2.41. The van der Waals surface area contributed by atoms with Gasteiger partial charge in [0.1, 0.15) is 0 Å². The van der Waals surface area contributed by atoms with Crippen molar-refractivity contribution in [2.45, 2.75) is 39.8 Å². The minimum absolute atomic E-state index is 0.0351. The average Bonchev–Trinajstić information content (AvgIpc) is 2.36. The Morgan fingerprint density at radius 3 is 2.48 bits per heavy atom. The Bertz CT molecular complexity index is 592. The molecule has 2 rings (SSSR count). The zero-order chi connectivity index (χ0) is 15.7. The molecular formula is C15H25N3O2S. The molecule has 5 nitrogen and oxygen atoms in total. The van der Waals surface area contributed by atoms with Crippen LogP contribution in [-0.4, -0.2) is 43.5 Å². The van der Waals surface area contributed by atoms with Crippen LogP contribution >= 0.6 is 0 Å². The minimum atomic E-state index is -2.86. The second-order valence-corrected chi connectivity index (χ2v) is 9.00. The van der Waals surface area contributed by atoms with Gasteiger partial charge < -0.3 is 10.2 Å². The summed E-state index contributed by atoms with van der Waals surface area (Å²) in [7, 11) is -2.86. The van der Waals surface area contributed by atoms with E-state index in [2.05, 4.69) is 42.0 Å². The SMILES string of the molecule is Cc1cc(N2CCS(=O)(=O)CC2)c(CNC(C)(C)C)cn1. The van der Waals surface area contributed by atoms with Crippen molar-refractivity contribution in [1.29, 1.82) is 0 Å². The van der Waals surface area contributed by atoms with E-state index in [1.165, 1.54) is 0 Å². The van der Waals surface area contributed by atoms with Gasteiger partial charge in [-0.05, 0) is 33.8 Å². The summed E-state index contributed by atoms with van der Waals surface area (Å²) >= 11 is 0. The third-order valence-electron chi connectivity index (χ3n) is 3.59. The van der Waals surface area contributed by atoms with Crippen molar-refractivity contribution in [1.82, 2.24) is 10.3 Å². The zero-order valence-corrected chi connectivity index (χ0v) is 14.1. The molecule has 1 aliphatic rings. The lowest BCUT2D eigenvalue weighted by Gasteiger charge is -2.31. The van der Waals surface area contributed by atoms with Gasteiger partial charge >= 0.3 is 0 Å². The molecule has 0 saturated carbocycles. The Kier molecular flexibility index (Phi) is 4.58. The lowest BCUT2D eigenvalue weighted by molar-refractivity contribution is 0.424. The highest BCUT2D eigenvalue weighted by Gasteiger charge is 2.23. The van der Waals surface area contributed by atoms with E-state index in [4.69, 9.17) is 0 Å². The van der Waals surface area contributed by atoms with Crippen LogP contribution in [0.2, 0.25) is 0 Å². The first-order chi connectivity index (χ1) is 9.66. The summed E-state index contributed by atoms with van der Waals surface area (Å²) in [5.41, 5.74) is 3.22. The Morgan fingerprint density at radius 1 is 1.29 bits per heavy atom. The van der Waals surface area contributed by atoms with Gasteiger partial charge in [0, 0.05) is 48.3 Å². The van der Waals surface area contributed by atoms with Crippen LogP contribution < -0.4 is 10.2 Å². The molecule has 0 bridgehead atoms. The van der Waals surface area contributed by atoms with Crippen LogP contribution in [0.25, 0.3) is 0 Å². The maximum Gasteiger partial charge on any atom is 0.153 e. The zero-order valence-electron chi connectivity index (χ0n) is 13.3. The van der Waals surface area contributed by atoms with Crippen molar-refractivity contribution in [3.8, 4) is 0 Å². The number of sulfone groups is 1. The normalized spacial score (nSPS) is 18.8. The molecule has 0 spiro atoms.